The van der Waals surface area contributed by atoms with Crippen molar-refractivity contribution in [3.05, 3.63) is 33.9 Å². The first-order valence-electron chi connectivity index (χ1n) is 6.40. The van der Waals surface area contributed by atoms with E-state index < -0.39 is 10.9 Å². The van der Waals surface area contributed by atoms with Gasteiger partial charge in [0.1, 0.15) is 0 Å². The number of aromatic carboxylic acids is 1. The Bertz CT molecular complexity index is 531. The van der Waals surface area contributed by atoms with E-state index in [9.17, 15) is 25.1 Å². The van der Waals surface area contributed by atoms with Crippen LogP contribution in [-0.2, 0) is 0 Å². The van der Waals surface area contributed by atoms with E-state index in [1.54, 1.807) is 0 Å². The number of rotatable bonds is 4. The van der Waals surface area contributed by atoms with Crippen molar-refractivity contribution in [1.29, 1.82) is 0 Å². The third kappa shape index (κ3) is 2.88. The summed E-state index contributed by atoms with van der Waals surface area (Å²) in [7, 11) is 0. The average Bonchev–Trinajstić information content (AvgIpc) is 2.46. The van der Waals surface area contributed by atoms with Gasteiger partial charge in [-0.15, -0.1) is 0 Å². The maximum Gasteiger partial charge on any atom is 0.338 e. The lowest BCUT2D eigenvalue weighted by Crippen LogP contribution is -2.37. The number of piperidine rings is 1. The number of hydrogen-bond acceptors (Lipinski definition) is 5. The average molecular weight is 280 g/mol. The van der Waals surface area contributed by atoms with E-state index in [1.165, 1.54) is 12.1 Å². The van der Waals surface area contributed by atoms with E-state index >= 15 is 0 Å². The number of aliphatic hydroxyl groups excluding tert-OH is 1. The van der Waals surface area contributed by atoms with E-state index in [2.05, 4.69) is 0 Å². The second-order valence-electron chi connectivity index (χ2n) is 4.90. The molecule has 1 atom stereocenters. The van der Waals surface area contributed by atoms with Crippen LogP contribution in [0.25, 0.3) is 0 Å². The van der Waals surface area contributed by atoms with Crippen LogP contribution in [0.2, 0.25) is 0 Å². The van der Waals surface area contributed by atoms with E-state index in [4.69, 9.17) is 0 Å². The standard InChI is InChI=1S/C13H16N2O5/c16-8-9-2-1-5-14(7-9)12-4-3-10(15(19)20)6-11(12)13(17)18/h3-4,6,9,16H,1-2,5,7-8H2,(H,17,18). The summed E-state index contributed by atoms with van der Waals surface area (Å²) in [4.78, 5) is 23.3. The van der Waals surface area contributed by atoms with Crippen LogP contribution in [0.4, 0.5) is 11.4 Å². The molecule has 0 amide bonds. The molecule has 0 aliphatic carbocycles. The van der Waals surface area contributed by atoms with Crippen LogP contribution in [0.15, 0.2) is 18.2 Å². The van der Waals surface area contributed by atoms with E-state index in [1.807, 2.05) is 4.90 Å². The van der Waals surface area contributed by atoms with Gasteiger partial charge < -0.3 is 15.1 Å². The number of carboxylic acid groups (broad SMARTS) is 1. The van der Waals surface area contributed by atoms with Gasteiger partial charge in [-0.3, -0.25) is 10.1 Å². The molecule has 0 bridgehead atoms. The van der Waals surface area contributed by atoms with Crippen LogP contribution in [0.5, 0.6) is 0 Å². The molecular weight excluding hydrogens is 264 g/mol. The van der Waals surface area contributed by atoms with E-state index in [0.717, 1.165) is 18.9 Å². The fourth-order valence-corrected chi connectivity index (χ4v) is 2.52. The molecule has 2 N–H and O–H groups in total. The van der Waals surface area contributed by atoms with Gasteiger partial charge in [-0.1, -0.05) is 0 Å². The molecular formula is C13H16N2O5. The SMILES string of the molecule is O=C(O)c1cc([N+](=O)[O-])ccc1N1CCCC(CO)C1. The number of benzene rings is 1. The van der Waals surface area contributed by atoms with Crippen molar-refractivity contribution in [2.24, 2.45) is 5.92 Å². The summed E-state index contributed by atoms with van der Waals surface area (Å²) in [6.45, 7) is 1.31. The molecule has 20 heavy (non-hydrogen) atoms. The highest BCUT2D eigenvalue weighted by Crippen LogP contribution is 2.29. The molecule has 1 aromatic rings. The highest BCUT2D eigenvalue weighted by Gasteiger charge is 2.24. The van der Waals surface area contributed by atoms with Crippen molar-refractivity contribution in [3.8, 4) is 0 Å². The first kappa shape index (κ1) is 14.3. The lowest BCUT2D eigenvalue weighted by atomic mass is 9.97. The Labute approximate surface area is 115 Å². The molecule has 1 saturated heterocycles. The van der Waals surface area contributed by atoms with Gasteiger partial charge in [-0.05, 0) is 24.8 Å². The molecule has 1 fully saturated rings. The summed E-state index contributed by atoms with van der Waals surface area (Å²) in [5.41, 5.74) is 0.168. The normalized spacial score (nSPS) is 18.9. The lowest BCUT2D eigenvalue weighted by molar-refractivity contribution is -0.384. The predicted octanol–water partition coefficient (Wildman–Crippen LogP) is 1.50. The number of hydrogen-bond donors (Lipinski definition) is 2. The monoisotopic (exact) mass is 280 g/mol. The summed E-state index contributed by atoms with van der Waals surface area (Å²) < 4.78 is 0. The Morgan fingerprint density at radius 3 is 2.85 bits per heavy atom. The van der Waals surface area contributed by atoms with Gasteiger partial charge >= 0.3 is 5.97 Å². The Morgan fingerprint density at radius 1 is 1.50 bits per heavy atom. The zero-order valence-electron chi connectivity index (χ0n) is 10.9. The topological polar surface area (TPSA) is 104 Å². The second-order valence-corrected chi connectivity index (χ2v) is 4.90. The Hall–Kier alpha value is -2.15. The fraction of sp³-hybridized carbons (Fsp3) is 0.462. The number of anilines is 1. The Balaban J connectivity index is 2.35. The zero-order valence-corrected chi connectivity index (χ0v) is 10.9. The molecule has 0 spiro atoms. The van der Waals surface area contributed by atoms with Crippen molar-refractivity contribution in [2.45, 2.75) is 12.8 Å². The maximum absolute atomic E-state index is 11.3. The van der Waals surface area contributed by atoms with Gasteiger partial charge in [0.2, 0.25) is 0 Å². The summed E-state index contributed by atoms with van der Waals surface area (Å²) in [6.07, 6.45) is 1.77. The number of nitro groups is 1. The maximum atomic E-state index is 11.3. The van der Waals surface area contributed by atoms with Crippen molar-refractivity contribution in [2.75, 3.05) is 24.6 Å². The van der Waals surface area contributed by atoms with Gasteiger partial charge in [0.05, 0.1) is 16.2 Å². The van der Waals surface area contributed by atoms with Gasteiger partial charge in [0.15, 0.2) is 0 Å². The van der Waals surface area contributed by atoms with Crippen molar-refractivity contribution in [1.82, 2.24) is 0 Å². The number of nitrogens with zero attached hydrogens (tertiary/aromatic N) is 2. The summed E-state index contributed by atoms with van der Waals surface area (Å²) in [5.74, 6) is -1.07. The third-order valence-electron chi connectivity index (χ3n) is 3.54. The summed E-state index contributed by atoms with van der Waals surface area (Å²) in [5, 5.41) is 29.2. The van der Waals surface area contributed by atoms with Gasteiger partial charge in [0.25, 0.3) is 5.69 Å². The Morgan fingerprint density at radius 2 is 2.25 bits per heavy atom. The molecule has 1 aliphatic rings. The molecule has 1 aromatic carbocycles. The van der Waals surface area contributed by atoms with Gasteiger partial charge in [0, 0.05) is 31.8 Å². The molecule has 1 aliphatic heterocycles. The van der Waals surface area contributed by atoms with Crippen molar-refractivity contribution in [3.63, 3.8) is 0 Å². The largest absolute Gasteiger partial charge is 0.478 e. The first-order chi connectivity index (χ1) is 9.52. The number of non-ortho nitro benzene ring substituents is 1. The summed E-state index contributed by atoms with van der Waals surface area (Å²) >= 11 is 0. The van der Waals surface area contributed by atoms with Crippen molar-refractivity contribution < 1.29 is 19.9 Å². The lowest BCUT2D eigenvalue weighted by Gasteiger charge is -2.34. The Kier molecular flexibility index (Phi) is 4.19. The van der Waals surface area contributed by atoms with Crippen LogP contribution < -0.4 is 4.90 Å². The fourth-order valence-electron chi connectivity index (χ4n) is 2.52. The van der Waals surface area contributed by atoms with Crippen molar-refractivity contribution >= 4 is 17.3 Å². The van der Waals surface area contributed by atoms with E-state index in [0.29, 0.717) is 18.8 Å². The molecule has 108 valence electrons. The minimum absolute atomic E-state index is 0.0614. The molecule has 0 radical (unpaired) electrons. The zero-order chi connectivity index (χ0) is 14.7. The molecule has 1 unspecified atom stereocenters. The smallest absolute Gasteiger partial charge is 0.338 e. The van der Waals surface area contributed by atoms with Crippen LogP contribution in [0, 0.1) is 16.0 Å². The summed E-state index contributed by atoms with van der Waals surface area (Å²) in [6, 6.07) is 3.87. The van der Waals surface area contributed by atoms with E-state index in [-0.39, 0.29) is 23.8 Å². The number of carboxylic acids is 1. The third-order valence-corrected chi connectivity index (χ3v) is 3.54. The highest BCUT2D eigenvalue weighted by molar-refractivity contribution is 5.95. The van der Waals surface area contributed by atoms with Crippen LogP contribution in [-0.4, -0.2) is 40.8 Å². The predicted molar refractivity (Wildman–Crippen MR) is 72.1 cm³/mol. The van der Waals surface area contributed by atoms with Crippen LogP contribution in [0.1, 0.15) is 23.2 Å². The number of carbonyl (C=O) groups is 1. The van der Waals surface area contributed by atoms with Crippen LogP contribution in [0.3, 0.4) is 0 Å². The number of aliphatic hydroxyl groups is 1. The molecule has 1 heterocycles. The molecule has 7 heteroatoms. The quantitative estimate of drug-likeness (QED) is 0.639. The molecule has 2 rings (SSSR count). The molecule has 7 nitrogen and oxygen atoms in total. The minimum atomic E-state index is -1.19. The number of nitro benzene ring substituents is 1. The first-order valence-corrected chi connectivity index (χ1v) is 6.40. The second kappa shape index (κ2) is 5.87. The van der Waals surface area contributed by atoms with Gasteiger partial charge in [-0.25, -0.2) is 4.79 Å². The minimum Gasteiger partial charge on any atom is -0.478 e. The van der Waals surface area contributed by atoms with Crippen LogP contribution >= 0.6 is 0 Å². The molecule has 0 aromatic heterocycles. The highest BCUT2D eigenvalue weighted by atomic mass is 16.6. The van der Waals surface area contributed by atoms with Gasteiger partial charge in [-0.2, -0.15) is 0 Å². The molecule has 0 saturated carbocycles.